The summed E-state index contributed by atoms with van der Waals surface area (Å²) in [4.78, 5) is 0. The minimum Gasteiger partial charge on any atom is -0.464 e. The molecule has 0 atom stereocenters. The van der Waals surface area contributed by atoms with Gasteiger partial charge in [-0.2, -0.15) is 0 Å². The molecule has 0 amide bonds. The zero-order valence-electron chi connectivity index (χ0n) is 26.4. The van der Waals surface area contributed by atoms with Gasteiger partial charge in [-0.25, -0.2) is 0 Å². The van der Waals surface area contributed by atoms with Crippen LogP contribution in [0.1, 0.15) is 0 Å². The average Bonchev–Trinajstić information content (AvgIpc) is 3.88. The van der Waals surface area contributed by atoms with Gasteiger partial charge in [0.05, 0.1) is 22.7 Å². The number of hydrogen-bond acceptors (Lipinski definition) is 2. The van der Waals surface area contributed by atoms with Crippen molar-refractivity contribution in [2.24, 2.45) is 0 Å². The number of hydrogen-bond donors (Lipinski definition) is 0. The van der Waals surface area contributed by atoms with E-state index in [0.29, 0.717) is 0 Å². The lowest BCUT2D eigenvalue weighted by Crippen LogP contribution is -1.93. The fourth-order valence-electron chi connectivity index (χ4n) is 8.17. The number of nitrogens with zero attached hydrogens (tertiary/aromatic N) is 1. The fraction of sp³-hybridized carbons (Fsp3) is 0. The van der Waals surface area contributed by atoms with E-state index < -0.39 is 0 Å². The first-order valence-electron chi connectivity index (χ1n) is 16.7. The highest BCUT2D eigenvalue weighted by Crippen LogP contribution is 2.46. The summed E-state index contributed by atoms with van der Waals surface area (Å²) >= 11 is 0. The molecular weight excluding hydrogens is 599 g/mol. The Balaban J connectivity index is 1.19. The molecule has 49 heavy (non-hydrogen) atoms. The van der Waals surface area contributed by atoms with Gasteiger partial charge in [0.25, 0.3) is 0 Å². The minimum atomic E-state index is 0.835. The van der Waals surface area contributed by atoms with Crippen molar-refractivity contribution in [3.8, 4) is 27.9 Å². The van der Waals surface area contributed by atoms with Crippen molar-refractivity contribution < 1.29 is 8.83 Å². The highest BCUT2D eigenvalue weighted by molar-refractivity contribution is 6.23. The number of benzene rings is 8. The van der Waals surface area contributed by atoms with Crippen molar-refractivity contribution in [3.05, 3.63) is 164 Å². The molecule has 0 unspecified atom stereocenters. The zero-order chi connectivity index (χ0) is 32.1. The Kier molecular flexibility index (Phi) is 5.38. The predicted molar refractivity (Wildman–Crippen MR) is 204 cm³/mol. The Labute approximate surface area is 280 Å². The molecule has 8 aromatic carbocycles. The maximum Gasteiger partial charge on any atom is 0.146 e. The Morgan fingerprint density at radius 3 is 1.65 bits per heavy atom. The van der Waals surface area contributed by atoms with Gasteiger partial charge in [0.15, 0.2) is 0 Å². The Morgan fingerprint density at radius 1 is 0.367 bits per heavy atom. The summed E-state index contributed by atoms with van der Waals surface area (Å²) < 4.78 is 14.4. The van der Waals surface area contributed by atoms with Crippen LogP contribution in [0.4, 0.5) is 0 Å². The largest absolute Gasteiger partial charge is 0.464 e. The van der Waals surface area contributed by atoms with Crippen LogP contribution >= 0.6 is 0 Å². The molecule has 0 aliphatic carbocycles. The Bertz CT molecular complexity index is 3050. The predicted octanol–water partition coefficient (Wildman–Crippen LogP) is 13.1. The number of fused-ring (bicyclic) bond motifs is 10. The van der Waals surface area contributed by atoms with Crippen LogP contribution in [0.3, 0.4) is 0 Å². The summed E-state index contributed by atoms with van der Waals surface area (Å²) in [5, 5.41) is 10.6. The second-order valence-electron chi connectivity index (χ2n) is 12.8. The van der Waals surface area contributed by atoms with E-state index in [4.69, 9.17) is 8.83 Å². The van der Waals surface area contributed by atoms with E-state index in [9.17, 15) is 0 Å². The third-order valence-electron chi connectivity index (χ3n) is 10.3. The third-order valence-corrected chi connectivity index (χ3v) is 10.3. The first kappa shape index (κ1) is 26.5. The lowest BCUT2D eigenvalue weighted by Gasteiger charge is -2.18. The molecule has 0 saturated carbocycles. The molecule has 0 spiro atoms. The van der Waals surface area contributed by atoms with Gasteiger partial charge in [-0.3, -0.25) is 0 Å². The molecule has 3 heterocycles. The van der Waals surface area contributed by atoms with Crippen LogP contribution in [0, 0.1) is 0 Å². The molecule has 0 radical (unpaired) electrons. The zero-order valence-corrected chi connectivity index (χ0v) is 26.4. The van der Waals surface area contributed by atoms with Crippen LogP contribution in [0.2, 0.25) is 0 Å². The molecule has 0 aliphatic heterocycles. The average molecular weight is 626 g/mol. The SMILES string of the molecule is c1ccc(-n2c3ccccc3c3cc(-c4c5ccccc5c(-c5ccc6oc7c8ccoc8ccc7c6c5)c5ccccc45)ccc32)cc1. The van der Waals surface area contributed by atoms with Gasteiger partial charge < -0.3 is 13.4 Å². The van der Waals surface area contributed by atoms with Crippen molar-refractivity contribution in [3.63, 3.8) is 0 Å². The molecule has 0 saturated heterocycles. The summed E-state index contributed by atoms with van der Waals surface area (Å²) in [5.41, 5.74) is 11.0. The topological polar surface area (TPSA) is 31.2 Å². The standard InChI is InChI=1S/C46H27NO2/c1-2-10-30(11-3-1)47-40-17-9-8-12-31(40)38-26-28(18-21-41(38)47)44-32-13-4-6-15-34(32)45(35-16-7-5-14-33(35)44)29-19-22-43-39(27-29)36-20-23-42-37(24-25-48-42)46(36)49-43/h1-27H. The highest BCUT2D eigenvalue weighted by atomic mass is 16.3. The van der Waals surface area contributed by atoms with E-state index in [0.717, 1.165) is 32.9 Å². The first-order valence-corrected chi connectivity index (χ1v) is 16.7. The van der Waals surface area contributed by atoms with E-state index in [-0.39, 0.29) is 0 Å². The smallest absolute Gasteiger partial charge is 0.146 e. The molecule has 228 valence electrons. The van der Waals surface area contributed by atoms with Gasteiger partial charge in [0.2, 0.25) is 0 Å². The molecule has 3 heteroatoms. The van der Waals surface area contributed by atoms with Crippen molar-refractivity contribution in [1.29, 1.82) is 0 Å². The van der Waals surface area contributed by atoms with Crippen molar-refractivity contribution in [1.82, 2.24) is 4.57 Å². The quantitative estimate of drug-likeness (QED) is 0.183. The number of para-hydroxylation sites is 2. The normalized spacial score (nSPS) is 12.1. The van der Waals surface area contributed by atoms with Crippen LogP contribution in [0.15, 0.2) is 173 Å². The first-order chi connectivity index (χ1) is 24.3. The highest BCUT2D eigenvalue weighted by Gasteiger charge is 2.20. The summed E-state index contributed by atoms with van der Waals surface area (Å²) in [5.74, 6) is 0. The molecule has 0 N–H and O–H groups in total. The van der Waals surface area contributed by atoms with Crippen LogP contribution in [-0.2, 0) is 0 Å². The van der Waals surface area contributed by atoms with Crippen molar-refractivity contribution >= 4 is 76.3 Å². The molecule has 11 aromatic rings. The van der Waals surface area contributed by atoms with Crippen LogP contribution in [-0.4, -0.2) is 4.57 Å². The maximum absolute atomic E-state index is 6.40. The van der Waals surface area contributed by atoms with Gasteiger partial charge in [-0.15, -0.1) is 0 Å². The summed E-state index contributed by atoms with van der Waals surface area (Å²) in [6.07, 6.45) is 1.72. The number of furan rings is 2. The van der Waals surface area contributed by atoms with Gasteiger partial charge in [-0.05, 0) is 104 Å². The molecule has 0 aliphatic rings. The van der Waals surface area contributed by atoms with Gasteiger partial charge in [-0.1, -0.05) is 97.1 Å². The Hall–Kier alpha value is -6.58. The molecule has 0 bridgehead atoms. The van der Waals surface area contributed by atoms with E-state index >= 15 is 0 Å². The Morgan fingerprint density at radius 2 is 0.939 bits per heavy atom. The fourth-order valence-corrected chi connectivity index (χ4v) is 8.17. The second kappa shape index (κ2) is 9.96. The van der Waals surface area contributed by atoms with Gasteiger partial charge >= 0.3 is 0 Å². The van der Waals surface area contributed by atoms with Crippen molar-refractivity contribution in [2.45, 2.75) is 0 Å². The van der Waals surface area contributed by atoms with E-state index in [1.807, 2.05) is 12.1 Å². The molecule has 0 fully saturated rings. The molecule has 11 rings (SSSR count). The van der Waals surface area contributed by atoms with Crippen LogP contribution < -0.4 is 0 Å². The number of aromatic nitrogens is 1. The molecule has 3 aromatic heterocycles. The third kappa shape index (κ3) is 3.73. The van der Waals surface area contributed by atoms with Crippen molar-refractivity contribution in [2.75, 3.05) is 0 Å². The van der Waals surface area contributed by atoms with E-state index in [1.54, 1.807) is 6.26 Å². The molecular formula is C46H27NO2. The van der Waals surface area contributed by atoms with E-state index in [1.165, 1.54) is 71.3 Å². The lowest BCUT2D eigenvalue weighted by molar-refractivity contribution is 0.615. The lowest BCUT2D eigenvalue weighted by atomic mass is 9.85. The summed E-state index contributed by atoms with van der Waals surface area (Å²) in [6.45, 7) is 0. The maximum atomic E-state index is 6.40. The van der Waals surface area contributed by atoms with Crippen LogP contribution in [0.25, 0.3) is 104 Å². The van der Waals surface area contributed by atoms with Gasteiger partial charge in [0.1, 0.15) is 16.7 Å². The minimum absolute atomic E-state index is 0.835. The number of rotatable bonds is 3. The monoisotopic (exact) mass is 625 g/mol. The summed E-state index contributed by atoms with van der Waals surface area (Å²) in [6, 6.07) is 56.8. The van der Waals surface area contributed by atoms with E-state index in [2.05, 4.69) is 150 Å². The second-order valence-corrected chi connectivity index (χ2v) is 12.8. The van der Waals surface area contributed by atoms with Gasteiger partial charge in [0, 0.05) is 27.2 Å². The molecule has 3 nitrogen and oxygen atoms in total. The van der Waals surface area contributed by atoms with Crippen LogP contribution in [0.5, 0.6) is 0 Å². The summed E-state index contributed by atoms with van der Waals surface area (Å²) in [7, 11) is 0.